The molecule has 25 heavy (non-hydrogen) atoms. The Morgan fingerprint density at radius 2 is 2.20 bits per heavy atom. The van der Waals surface area contributed by atoms with E-state index in [1.807, 2.05) is 0 Å². The van der Waals surface area contributed by atoms with Crippen molar-refractivity contribution in [1.82, 2.24) is 9.55 Å². The summed E-state index contributed by atoms with van der Waals surface area (Å²) < 4.78 is 10.3. The number of aliphatic hydroxyl groups is 4. The van der Waals surface area contributed by atoms with Gasteiger partial charge in [0.05, 0.1) is 12.4 Å². The molecule has 0 radical (unpaired) electrons. The van der Waals surface area contributed by atoms with E-state index in [-0.39, 0.29) is 11.6 Å². The number of amides is 1. The number of hydrogen-bond acceptors (Lipinski definition) is 9. The number of carbonyl (C=O) groups excluding carboxylic acids is 1. The van der Waals surface area contributed by atoms with Gasteiger partial charge in [-0.2, -0.15) is 4.98 Å². The molecule has 0 aromatic carbocycles. The van der Waals surface area contributed by atoms with Gasteiger partial charge in [0.15, 0.2) is 5.60 Å². The van der Waals surface area contributed by atoms with Gasteiger partial charge in [0.25, 0.3) is 5.91 Å². The summed E-state index contributed by atoms with van der Waals surface area (Å²) in [6, 6.07) is 1.14. The van der Waals surface area contributed by atoms with Gasteiger partial charge < -0.3 is 29.9 Å². The van der Waals surface area contributed by atoms with Gasteiger partial charge in [-0.25, -0.2) is 14.2 Å². The summed E-state index contributed by atoms with van der Waals surface area (Å²) in [5.74, 6) is -2.74. The molecule has 0 aliphatic carbocycles. The minimum absolute atomic E-state index is 0.125. The van der Waals surface area contributed by atoms with Gasteiger partial charge in [0.2, 0.25) is 0 Å². The molecule has 1 aliphatic rings. The highest BCUT2D eigenvalue weighted by molar-refractivity contribution is 5.83. The minimum Gasteiger partial charge on any atom is -0.416 e. The highest BCUT2D eigenvalue weighted by atomic mass is 16.7. The molecule has 1 saturated heterocycles. The molecule has 1 fully saturated rings. The van der Waals surface area contributed by atoms with Crippen molar-refractivity contribution in [2.75, 3.05) is 11.9 Å². The number of aromatic nitrogens is 2. The number of anilines is 1. The van der Waals surface area contributed by atoms with Crippen LogP contribution in [0.5, 0.6) is 0 Å². The number of hydrogen-bond donors (Lipinski definition) is 5. The van der Waals surface area contributed by atoms with Gasteiger partial charge >= 0.3 is 11.8 Å². The molecule has 11 nitrogen and oxygen atoms in total. The topological polar surface area (TPSA) is 163 Å². The Hall–Kier alpha value is -2.31. The van der Waals surface area contributed by atoms with Crippen molar-refractivity contribution in [1.29, 1.82) is 0 Å². The first-order valence-electron chi connectivity index (χ1n) is 7.19. The lowest BCUT2D eigenvalue weighted by atomic mass is 9.94. The van der Waals surface area contributed by atoms with Crippen LogP contribution in [0.4, 0.5) is 10.6 Å². The molecule has 0 unspecified atom stereocenters. The number of allylic oxidation sites excluding steroid dienone is 1. The lowest BCUT2D eigenvalue weighted by Gasteiger charge is -2.35. The van der Waals surface area contributed by atoms with Crippen LogP contribution in [0, 0.1) is 0 Å². The number of ether oxygens (including phenoxy) is 2. The Bertz CT molecular complexity index is 746. The molecule has 1 amide bonds. The van der Waals surface area contributed by atoms with Crippen LogP contribution in [0.25, 0.3) is 0 Å². The molecule has 0 bridgehead atoms. The summed E-state index contributed by atoms with van der Waals surface area (Å²) in [5.41, 5.74) is -3.42. The molecular formula is C14H19N3O8. The van der Waals surface area contributed by atoms with E-state index < -0.39 is 42.1 Å². The van der Waals surface area contributed by atoms with Gasteiger partial charge in [-0.15, -0.1) is 0 Å². The van der Waals surface area contributed by atoms with Crippen LogP contribution in [0.3, 0.4) is 0 Å². The summed E-state index contributed by atoms with van der Waals surface area (Å²) in [7, 11) is 0. The number of nitrogens with zero attached hydrogens (tertiary/aromatic N) is 2. The number of aliphatic hydroxyl groups excluding tert-OH is 2. The largest absolute Gasteiger partial charge is 0.417 e. The van der Waals surface area contributed by atoms with Crippen molar-refractivity contribution in [3.8, 4) is 0 Å². The summed E-state index contributed by atoms with van der Waals surface area (Å²) in [4.78, 5) is 27.1. The van der Waals surface area contributed by atoms with Gasteiger partial charge in [-0.3, -0.25) is 5.32 Å². The second-order valence-corrected chi connectivity index (χ2v) is 5.72. The van der Waals surface area contributed by atoms with Crippen LogP contribution in [0.2, 0.25) is 0 Å². The monoisotopic (exact) mass is 357 g/mol. The molecule has 2 heterocycles. The fourth-order valence-corrected chi connectivity index (χ4v) is 2.38. The zero-order valence-electron chi connectivity index (χ0n) is 13.5. The maximum Gasteiger partial charge on any atom is 0.417 e. The van der Waals surface area contributed by atoms with E-state index in [2.05, 4.69) is 21.6 Å². The third-order valence-electron chi connectivity index (χ3n) is 3.71. The Morgan fingerprint density at radius 1 is 1.56 bits per heavy atom. The van der Waals surface area contributed by atoms with E-state index in [4.69, 9.17) is 9.84 Å². The normalized spacial score (nSPS) is 31.6. The van der Waals surface area contributed by atoms with Gasteiger partial charge in [0.1, 0.15) is 18.0 Å². The fraction of sp³-hybridized carbons (Fsp3) is 0.500. The number of carbonyl (C=O) groups is 1. The molecule has 2 rings (SSSR count). The second-order valence-electron chi connectivity index (χ2n) is 5.72. The SMILES string of the molecule is C=C(C)OC(=O)Nc1ccn([C@]2(O)O[C@H](CO)[C@@H](O)[C@@]2(C)O)c(=O)n1. The van der Waals surface area contributed by atoms with Gasteiger partial charge in [-0.05, 0) is 19.9 Å². The van der Waals surface area contributed by atoms with E-state index in [1.54, 1.807) is 0 Å². The third-order valence-corrected chi connectivity index (χ3v) is 3.71. The van der Waals surface area contributed by atoms with E-state index in [0.717, 1.165) is 19.2 Å². The molecule has 5 N–H and O–H groups in total. The maximum absolute atomic E-state index is 12.2. The zero-order valence-corrected chi connectivity index (χ0v) is 13.5. The lowest BCUT2D eigenvalue weighted by molar-refractivity contribution is -0.321. The predicted octanol–water partition coefficient (Wildman–Crippen LogP) is -1.57. The quantitative estimate of drug-likeness (QED) is 0.401. The standard InChI is InChI=1S/C14H19N3O8/c1-7(2)24-12(21)16-9-4-5-17(11(20)15-9)14(23)13(3,22)10(19)8(6-18)25-14/h4-5,8,10,18-19,22-23H,1,6H2,2-3H3,(H,15,16,20,21)/t8-,10-,13-,14-/m1/s1. The van der Waals surface area contributed by atoms with Crippen molar-refractivity contribution < 1.29 is 34.7 Å². The third kappa shape index (κ3) is 3.27. The van der Waals surface area contributed by atoms with Crippen molar-refractivity contribution in [3.05, 3.63) is 35.1 Å². The predicted molar refractivity (Wildman–Crippen MR) is 82.2 cm³/mol. The van der Waals surface area contributed by atoms with E-state index in [1.165, 1.54) is 6.92 Å². The van der Waals surface area contributed by atoms with E-state index >= 15 is 0 Å². The van der Waals surface area contributed by atoms with Crippen molar-refractivity contribution in [3.63, 3.8) is 0 Å². The highest BCUT2D eigenvalue weighted by Gasteiger charge is 2.64. The molecule has 0 spiro atoms. The second kappa shape index (κ2) is 6.54. The van der Waals surface area contributed by atoms with Crippen LogP contribution in [0.1, 0.15) is 13.8 Å². The van der Waals surface area contributed by atoms with E-state index in [9.17, 15) is 24.9 Å². The van der Waals surface area contributed by atoms with Crippen molar-refractivity contribution in [2.24, 2.45) is 0 Å². The minimum atomic E-state index is -2.68. The maximum atomic E-state index is 12.2. The molecule has 1 aromatic rings. The first kappa shape index (κ1) is 19.0. The smallest absolute Gasteiger partial charge is 0.416 e. The van der Waals surface area contributed by atoms with E-state index in [0.29, 0.717) is 4.57 Å². The molecule has 138 valence electrons. The van der Waals surface area contributed by atoms with Crippen LogP contribution >= 0.6 is 0 Å². The van der Waals surface area contributed by atoms with Crippen LogP contribution in [0.15, 0.2) is 29.4 Å². The summed E-state index contributed by atoms with van der Waals surface area (Å²) in [6.07, 6.45) is -2.92. The van der Waals surface area contributed by atoms with Crippen LogP contribution in [-0.4, -0.2) is 60.5 Å². The summed E-state index contributed by atoms with van der Waals surface area (Å²) >= 11 is 0. The average molecular weight is 357 g/mol. The van der Waals surface area contributed by atoms with Gasteiger partial charge in [-0.1, -0.05) is 6.58 Å². The first-order valence-corrected chi connectivity index (χ1v) is 7.19. The number of nitrogens with one attached hydrogen (secondary N) is 1. The summed E-state index contributed by atoms with van der Waals surface area (Å²) in [5, 5.41) is 42.2. The molecule has 1 aromatic heterocycles. The molecule has 11 heteroatoms. The summed E-state index contributed by atoms with van der Waals surface area (Å²) in [6.45, 7) is 5.16. The highest BCUT2D eigenvalue weighted by Crippen LogP contribution is 2.40. The van der Waals surface area contributed by atoms with Crippen molar-refractivity contribution in [2.45, 2.75) is 37.6 Å². The van der Waals surface area contributed by atoms with Crippen LogP contribution < -0.4 is 11.0 Å². The molecule has 0 saturated carbocycles. The Kier molecular flexibility index (Phi) is 4.97. The Morgan fingerprint density at radius 3 is 2.68 bits per heavy atom. The molecular weight excluding hydrogens is 338 g/mol. The van der Waals surface area contributed by atoms with Gasteiger partial charge in [0, 0.05) is 6.20 Å². The average Bonchev–Trinajstić information content (AvgIpc) is 2.67. The lowest BCUT2D eigenvalue weighted by Crippen LogP contribution is -2.58. The molecule has 1 aliphatic heterocycles. The first-order chi connectivity index (χ1) is 11.5. The Balaban J connectivity index is 2.33. The van der Waals surface area contributed by atoms with Crippen LogP contribution in [-0.2, 0) is 15.4 Å². The fourth-order valence-electron chi connectivity index (χ4n) is 2.38. The zero-order chi connectivity index (χ0) is 19.0. The Labute approximate surface area is 141 Å². The van der Waals surface area contributed by atoms with Crippen molar-refractivity contribution >= 4 is 11.9 Å². The molecule has 4 atom stereocenters. The number of rotatable bonds is 4.